The van der Waals surface area contributed by atoms with Gasteiger partial charge < -0.3 is 19.3 Å². The molecule has 0 spiro atoms. The minimum atomic E-state index is -0.344. The van der Waals surface area contributed by atoms with Crippen molar-refractivity contribution in [1.29, 1.82) is 0 Å². The van der Waals surface area contributed by atoms with E-state index in [1.807, 2.05) is 18.2 Å². The molecule has 4 aromatic rings. The number of benzene rings is 2. The number of rotatable bonds is 9. The van der Waals surface area contributed by atoms with Gasteiger partial charge in [0.25, 0.3) is 0 Å². The molecule has 4 rings (SSSR count). The van der Waals surface area contributed by atoms with E-state index in [0.717, 1.165) is 5.56 Å². The first-order chi connectivity index (χ1) is 16.1. The van der Waals surface area contributed by atoms with Gasteiger partial charge in [-0.2, -0.15) is 10.1 Å². The highest BCUT2D eigenvalue weighted by atomic mass is 19.1. The molecule has 2 aromatic heterocycles. The Kier molecular flexibility index (Phi) is 6.63. The first kappa shape index (κ1) is 22.0. The number of hydrogen-bond donors (Lipinski definition) is 1. The number of carbonyl (C=O) groups excluding carboxylic acids is 1. The molecule has 0 atom stereocenters. The normalized spacial score (nSPS) is 10.8. The summed E-state index contributed by atoms with van der Waals surface area (Å²) in [6.07, 6.45) is 2.01. The molecule has 0 fully saturated rings. The summed E-state index contributed by atoms with van der Waals surface area (Å²) >= 11 is 0. The molecular formula is C23H22FN5O4. The van der Waals surface area contributed by atoms with E-state index in [4.69, 9.17) is 14.0 Å². The first-order valence-corrected chi connectivity index (χ1v) is 10.2. The van der Waals surface area contributed by atoms with Crippen LogP contribution in [0.2, 0.25) is 0 Å². The van der Waals surface area contributed by atoms with E-state index in [1.165, 1.54) is 12.1 Å². The minimum Gasteiger partial charge on any atom is -0.493 e. The standard InChI is InChI=1S/C23H22FN5O4/c1-31-18-5-3-4-16(22(18)32-2)14-29-19(12-13-25-29)26-20(30)10-11-21-27-23(28-33-21)15-6-8-17(24)9-7-15/h3-9,12-13H,10-11,14H2,1-2H3,(H,26,30). The topological polar surface area (TPSA) is 104 Å². The number of nitrogens with zero attached hydrogens (tertiary/aromatic N) is 4. The Morgan fingerprint density at radius 2 is 1.94 bits per heavy atom. The Labute approximate surface area is 189 Å². The van der Waals surface area contributed by atoms with Crippen LogP contribution in [0.5, 0.6) is 11.5 Å². The fourth-order valence-electron chi connectivity index (χ4n) is 3.30. The molecule has 10 heteroatoms. The van der Waals surface area contributed by atoms with Crippen LogP contribution in [0.3, 0.4) is 0 Å². The smallest absolute Gasteiger partial charge is 0.227 e. The first-order valence-electron chi connectivity index (χ1n) is 10.2. The highest BCUT2D eigenvalue weighted by Crippen LogP contribution is 2.31. The predicted octanol–water partition coefficient (Wildman–Crippen LogP) is 3.71. The van der Waals surface area contributed by atoms with Gasteiger partial charge in [0.05, 0.1) is 27.0 Å². The van der Waals surface area contributed by atoms with Gasteiger partial charge in [0, 0.05) is 30.0 Å². The molecule has 0 aliphatic rings. The third-order valence-corrected chi connectivity index (χ3v) is 4.93. The summed E-state index contributed by atoms with van der Waals surface area (Å²) in [5.74, 6) is 1.87. The highest BCUT2D eigenvalue weighted by molar-refractivity contribution is 5.89. The summed E-state index contributed by atoms with van der Waals surface area (Å²) in [7, 11) is 3.15. The van der Waals surface area contributed by atoms with Gasteiger partial charge in [0.15, 0.2) is 11.5 Å². The van der Waals surface area contributed by atoms with Gasteiger partial charge in [-0.05, 0) is 30.3 Å². The molecule has 0 unspecified atom stereocenters. The van der Waals surface area contributed by atoms with Crippen LogP contribution in [-0.4, -0.2) is 40.0 Å². The largest absolute Gasteiger partial charge is 0.493 e. The lowest BCUT2D eigenvalue weighted by Crippen LogP contribution is -2.16. The second-order valence-corrected chi connectivity index (χ2v) is 7.09. The minimum absolute atomic E-state index is 0.138. The summed E-state index contributed by atoms with van der Waals surface area (Å²) in [4.78, 5) is 16.8. The second-order valence-electron chi connectivity index (χ2n) is 7.09. The van der Waals surface area contributed by atoms with E-state index in [9.17, 15) is 9.18 Å². The van der Waals surface area contributed by atoms with Gasteiger partial charge in [0.1, 0.15) is 11.6 Å². The zero-order valence-electron chi connectivity index (χ0n) is 18.1. The Bertz CT molecular complexity index is 1240. The van der Waals surface area contributed by atoms with Crippen LogP contribution >= 0.6 is 0 Å². The van der Waals surface area contributed by atoms with Crippen molar-refractivity contribution in [2.24, 2.45) is 0 Å². The van der Waals surface area contributed by atoms with Crippen LogP contribution in [0, 0.1) is 5.82 Å². The number of methoxy groups -OCH3 is 2. The summed E-state index contributed by atoms with van der Waals surface area (Å²) < 4.78 is 30.7. The Hall–Kier alpha value is -4.21. The molecule has 33 heavy (non-hydrogen) atoms. The molecule has 9 nitrogen and oxygen atoms in total. The fraction of sp³-hybridized carbons (Fsp3) is 0.217. The molecule has 0 aliphatic carbocycles. The maximum absolute atomic E-state index is 13.1. The van der Waals surface area contributed by atoms with Crippen molar-refractivity contribution >= 4 is 11.7 Å². The van der Waals surface area contributed by atoms with E-state index in [2.05, 4.69) is 20.6 Å². The number of ether oxygens (including phenoxy) is 2. The number of anilines is 1. The van der Waals surface area contributed by atoms with Crippen molar-refractivity contribution in [2.75, 3.05) is 19.5 Å². The summed E-state index contributed by atoms with van der Waals surface area (Å²) in [5.41, 5.74) is 1.49. The maximum Gasteiger partial charge on any atom is 0.227 e. The van der Waals surface area contributed by atoms with Crippen LogP contribution in [0.1, 0.15) is 17.9 Å². The molecule has 2 aromatic carbocycles. The lowest BCUT2D eigenvalue weighted by Gasteiger charge is -2.14. The fourth-order valence-corrected chi connectivity index (χ4v) is 3.30. The number of aryl methyl sites for hydroxylation is 1. The number of aromatic nitrogens is 4. The van der Waals surface area contributed by atoms with Crippen LogP contribution < -0.4 is 14.8 Å². The Morgan fingerprint density at radius 1 is 1.12 bits per heavy atom. The van der Waals surface area contributed by atoms with E-state index in [0.29, 0.717) is 41.1 Å². The highest BCUT2D eigenvalue weighted by Gasteiger charge is 2.15. The lowest BCUT2D eigenvalue weighted by molar-refractivity contribution is -0.116. The van der Waals surface area contributed by atoms with E-state index in [1.54, 1.807) is 43.3 Å². The zero-order valence-corrected chi connectivity index (χ0v) is 18.1. The number of amides is 1. The molecule has 170 valence electrons. The van der Waals surface area contributed by atoms with Gasteiger partial charge in [-0.1, -0.05) is 17.3 Å². The van der Waals surface area contributed by atoms with Gasteiger partial charge >= 0.3 is 0 Å². The van der Waals surface area contributed by atoms with Crippen molar-refractivity contribution in [3.8, 4) is 22.9 Å². The SMILES string of the molecule is COc1cccc(Cn2nccc2NC(=O)CCc2nc(-c3ccc(F)cc3)no2)c1OC. The molecule has 2 heterocycles. The maximum atomic E-state index is 13.1. The van der Waals surface area contributed by atoms with Crippen molar-refractivity contribution < 1.29 is 23.2 Å². The van der Waals surface area contributed by atoms with Crippen molar-refractivity contribution in [1.82, 2.24) is 19.9 Å². The number of para-hydroxylation sites is 1. The average Bonchev–Trinajstić information content (AvgIpc) is 3.48. The average molecular weight is 451 g/mol. The van der Waals surface area contributed by atoms with Crippen molar-refractivity contribution in [2.45, 2.75) is 19.4 Å². The number of hydrogen-bond acceptors (Lipinski definition) is 7. The summed E-state index contributed by atoms with van der Waals surface area (Å²) in [5, 5.41) is 11.0. The molecule has 1 N–H and O–H groups in total. The van der Waals surface area contributed by atoms with E-state index >= 15 is 0 Å². The van der Waals surface area contributed by atoms with Gasteiger partial charge in [-0.3, -0.25) is 4.79 Å². The quantitative estimate of drug-likeness (QED) is 0.414. The van der Waals surface area contributed by atoms with Gasteiger partial charge in [0.2, 0.25) is 17.6 Å². The predicted molar refractivity (Wildman–Crippen MR) is 118 cm³/mol. The molecule has 0 radical (unpaired) electrons. The molecular weight excluding hydrogens is 429 g/mol. The lowest BCUT2D eigenvalue weighted by atomic mass is 10.2. The van der Waals surface area contributed by atoms with Gasteiger partial charge in [-0.25, -0.2) is 9.07 Å². The molecule has 0 aliphatic heterocycles. The van der Waals surface area contributed by atoms with Crippen molar-refractivity contribution in [3.05, 3.63) is 72.0 Å². The third kappa shape index (κ3) is 5.17. The van der Waals surface area contributed by atoms with Crippen LogP contribution in [0.25, 0.3) is 11.4 Å². The van der Waals surface area contributed by atoms with Crippen LogP contribution in [0.15, 0.2) is 59.3 Å². The summed E-state index contributed by atoms with van der Waals surface area (Å²) in [6, 6.07) is 13.1. The number of halogens is 1. The number of nitrogens with one attached hydrogen (secondary N) is 1. The molecule has 1 amide bonds. The van der Waals surface area contributed by atoms with Gasteiger partial charge in [-0.15, -0.1) is 0 Å². The monoisotopic (exact) mass is 451 g/mol. The molecule has 0 saturated carbocycles. The van der Waals surface area contributed by atoms with E-state index in [-0.39, 0.29) is 24.6 Å². The zero-order chi connectivity index (χ0) is 23.2. The Balaban J connectivity index is 1.37. The molecule has 0 bridgehead atoms. The van der Waals surface area contributed by atoms with Crippen LogP contribution in [-0.2, 0) is 17.8 Å². The second kappa shape index (κ2) is 9.94. The Morgan fingerprint density at radius 3 is 2.70 bits per heavy atom. The summed E-state index contributed by atoms with van der Waals surface area (Å²) in [6.45, 7) is 0.383. The third-order valence-electron chi connectivity index (χ3n) is 4.93. The number of carbonyl (C=O) groups is 1. The molecule has 0 saturated heterocycles. The van der Waals surface area contributed by atoms with E-state index < -0.39 is 0 Å². The van der Waals surface area contributed by atoms with Crippen LogP contribution in [0.4, 0.5) is 10.2 Å². The van der Waals surface area contributed by atoms with Crippen molar-refractivity contribution in [3.63, 3.8) is 0 Å².